The third-order valence-corrected chi connectivity index (χ3v) is 2.58. The lowest BCUT2D eigenvalue weighted by Gasteiger charge is -2.08. The minimum atomic E-state index is 0. The van der Waals surface area contributed by atoms with Gasteiger partial charge in [-0.2, -0.15) is 0 Å². The molecule has 0 radical (unpaired) electrons. The van der Waals surface area contributed by atoms with Crippen molar-refractivity contribution in [1.82, 2.24) is 10.6 Å². The number of nitrogens with one attached hydrogen (secondary N) is 2. The molecule has 0 unspecified atom stereocenters. The fraction of sp³-hybridized carbons (Fsp3) is 0.500. The first-order chi connectivity index (χ1) is 9.26. The molecule has 1 aromatic carbocycles. The topological polar surface area (TPSA) is 59.6 Å². The number of carbonyl (C=O) groups is 1. The molecule has 0 fully saturated rings. The zero-order chi connectivity index (χ0) is 13.9. The Kier molecular flexibility index (Phi) is 10.5. The van der Waals surface area contributed by atoms with Crippen LogP contribution in [0, 0.1) is 0 Å². The second kappa shape index (κ2) is 11.4. The number of rotatable bonds is 9. The fourth-order valence-electron chi connectivity index (χ4n) is 1.55. The van der Waals surface area contributed by atoms with E-state index in [0.717, 1.165) is 24.5 Å². The van der Waals surface area contributed by atoms with Gasteiger partial charge in [-0.1, -0.05) is 0 Å². The first-order valence-electron chi connectivity index (χ1n) is 6.44. The summed E-state index contributed by atoms with van der Waals surface area (Å²) in [7, 11) is 3.50. The Bertz CT molecular complexity index is 371. The van der Waals surface area contributed by atoms with E-state index >= 15 is 0 Å². The third kappa shape index (κ3) is 7.86. The number of halogens is 1. The second-order valence-electron chi connectivity index (χ2n) is 4.08. The maximum absolute atomic E-state index is 11.4. The summed E-state index contributed by atoms with van der Waals surface area (Å²) < 4.78 is 10.6. The van der Waals surface area contributed by atoms with E-state index in [1.165, 1.54) is 0 Å². The molecule has 0 spiro atoms. The number of amides is 1. The second-order valence-corrected chi connectivity index (χ2v) is 4.08. The van der Waals surface area contributed by atoms with Crippen LogP contribution < -0.4 is 20.1 Å². The highest BCUT2D eigenvalue weighted by Gasteiger charge is 2.00. The maximum Gasteiger partial charge on any atom is 0.220 e. The van der Waals surface area contributed by atoms with E-state index in [1.807, 2.05) is 31.3 Å². The quantitative estimate of drug-likeness (QED) is 0.681. The van der Waals surface area contributed by atoms with E-state index in [9.17, 15) is 4.79 Å². The molecule has 1 rings (SSSR count). The number of benzene rings is 1. The van der Waals surface area contributed by atoms with Gasteiger partial charge in [0.25, 0.3) is 0 Å². The minimum Gasteiger partial charge on any atom is -0.497 e. The van der Waals surface area contributed by atoms with Crippen LogP contribution in [0.1, 0.15) is 12.8 Å². The Morgan fingerprint density at radius 2 is 1.80 bits per heavy atom. The molecule has 6 heteroatoms. The zero-order valence-corrected chi connectivity index (χ0v) is 12.8. The summed E-state index contributed by atoms with van der Waals surface area (Å²) in [4.78, 5) is 11.4. The van der Waals surface area contributed by atoms with Gasteiger partial charge < -0.3 is 20.1 Å². The van der Waals surface area contributed by atoms with Gasteiger partial charge in [0.1, 0.15) is 18.1 Å². The standard InChI is InChI=1S/C14H22N2O3.ClH/c1-15-9-3-4-14(17)16-10-11-19-13-7-5-12(18-2)6-8-13;/h5-8,15H,3-4,9-11H2,1-2H3,(H,16,17);1H. The van der Waals surface area contributed by atoms with Crippen LogP contribution in [0.15, 0.2) is 24.3 Å². The normalized spacial score (nSPS) is 9.50. The maximum atomic E-state index is 11.4. The molecule has 0 heterocycles. The van der Waals surface area contributed by atoms with E-state index in [-0.39, 0.29) is 18.3 Å². The number of ether oxygens (including phenoxy) is 2. The van der Waals surface area contributed by atoms with Crippen LogP contribution in [0.4, 0.5) is 0 Å². The smallest absolute Gasteiger partial charge is 0.220 e. The van der Waals surface area contributed by atoms with Gasteiger partial charge in [0.15, 0.2) is 0 Å². The number of carbonyl (C=O) groups excluding carboxylic acids is 1. The summed E-state index contributed by atoms with van der Waals surface area (Å²) in [5.41, 5.74) is 0. The Balaban J connectivity index is 0.00000361. The SMILES string of the molecule is CNCCCC(=O)NCCOc1ccc(OC)cc1.Cl. The molecule has 0 saturated heterocycles. The monoisotopic (exact) mass is 302 g/mol. The van der Waals surface area contributed by atoms with Gasteiger partial charge >= 0.3 is 0 Å². The van der Waals surface area contributed by atoms with Gasteiger partial charge in [-0.05, 0) is 44.3 Å². The number of hydrogen-bond donors (Lipinski definition) is 2. The van der Waals surface area contributed by atoms with Gasteiger partial charge in [0.2, 0.25) is 5.91 Å². The summed E-state index contributed by atoms with van der Waals surface area (Å²) >= 11 is 0. The highest BCUT2D eigenvalue weighted by atomic mass is 35.5. The van der Waals surface area contributed by atoms with Gasteiger partial charge in [0.05, 0.1) is 13.7 Å². The molecule has 0 aliphatic rings. The summed E-state index contributed by atoms with van der Waals surface area (Å²) in [5.74, 6) is 1.63. The highest BCUT2D eigenvalue weighted by Crippen LogP contribution is 2.16. The van der Waals surface area contributed by atoms with Gasteiger partial charge in [0, 0.05) is 6.42 Å². The average Bonchev–Trinajstić information content (AvgIpc) is 2.44. The number of hydrogen-bond acceptors (Lipinski definition) is 4. The molecule has 0 aromatic heterocycles. The molecule has 0 atom stereocenters. The highest BCUT2D eigenvalue weighted by molar-refractivity contribution is 5.85. The van der Waals surface area contributed by atoms with E-state index < -0.39 is 0 Å². The Labute approximate surface area is 126 Å². The van der Waals surface area contributed by atoms with Crippen LogP contribution in [-0.2, 0) is 4.79 Å². The molecule has 0 bridgehead atoms. The molecule has 0 aliphatic carbocycles. The molecule has 1 amide bonds. The van der Waals surface area contributed by atoms with Crippen molar-refractivity contribution in [3.63, 3.8) is 0 Å². The average molecular weight is 303 g/mol. The first kappa shape index (κ1) is 18.5. The van der Waals surface area contributed by atoms with E-state index in [0.29, 0.717) is 19.6 Å². The van der Waals surface area contributed by atoms with Crippen molar-refractivity contribution >= 4 is 18.3 Å². The molecular formula is C14H23ClN2O3. The van der Waals surface area contributed by atoms with Crippen molar-refractivity contribution in [1.29, 1.82) is 0 Å². The summed E-state index contributed by atoms with van der Waals surface area (Å²) in [6, 6.07) is 7.36. The van der Waals surface area contributed by atoms with Gasteiger partial charge in [-0.25, -0.2) is 0 Å². The van der Waals surface area contributed by atoms with Crippen LogP contribution in [0.5, 0.6) is 11.5 Å². The van der Waals surface area contributed by atoms with Crippen molar-refractivity contribution in [2.45, 2.75) is 12.8 Å². The summed E-state index contributed by atoms with van der Waals surface area (Å²) in [6.07, 6.45) is 1.39. The van der Waals surface area contributed by atoms with E-state index in [4.69, 9.17) is 9.47 Å². The zero-order valence-electron chi connectivity index (χ0n) is 12.0. The van der Waals surface area contributed by atoms with Crippen LogP contribution in [-0.4, -0.2) is 39.8 Å². The van der Waals surface area contributed by atoms with E-state index in [2.05, 4.69) is 10.6 Å². The molecule has 0 saturated carbocycles. The Morgan fingerprint density at radius 1 is 1.15 bits per heavy atom. The van der Waals surface area contributed by atoms with Crippen molar-refractivity contribution in [2.75, 3.05) is 33.9 Å². The molecule has 2 N–H and O–H groups in total. The van der Waals surface area contributed by atoms with Crippen molar-refractivity contribution in [3.8, 4) is 11.5 Å². The summed E-state index contributed by atoms with van der Waals surface area (Å²) in [5, 5.41) is 5.82. The van der Waals surface area contributed by atoms with Crippen molar-refractivity contribution < 1.29 is 14.3 Å². The predicted octanol–water partition coefficient (Wildman–Crippen LogP) is 1.61. The van der Waals surface area contributed by atoms with E-state index in [1.54, 1.807) is 7.11 Å². The van der Waals surface area contributed by atoms with Crippen LogP contribution in [0.25, 0.3) is 0 Å². The predicted molar refractivity (Wildman–Crippen MR) is 81.9 cm³/mol. The largest absolute Gasteiger partial charge is 0.497 e. The third-order valence-electron chi connectivity index (χ3n) is 2.58. The lowest BCUT2D eigenvalue weighted by atomic mass is 10.3. The molecular weight excluding hydrogens is 280 g/mol. The molecule has 0 aliphatic heterocycles. The Hall–Kier alpha value is -1.46. The van der Waals surface area contributed by atoms with Crippen molar-refractivity contribution in [2.24, 2.45) is 0 Å². The summed E-state index contributed by atoms with van der Waals surface area (Å²) in [6.45, 7) is 1.84. The lowest BCUT2D eigenvalue weighted by molar-refractivity contribution is -0.121. The minimum absolute atomic E-state index is 0. The Morgan fingerprint density at radius 3 is 2.40 bits per heavy atom. The molecule has 114 valence electrons. The lowest BCUT2D eigenvalue weighted by Crippen LogP contribution is -2.28. The van der Waals surface area contributed by atoms with Crippen LogP contribution in [0.2, 0.25) is 0 Å². The van der Waals surface area contributed by atoms with Crippen molar-refractivity contribution in [3.05, 3.63) is 24.3 Å². The number of methoxy groups -OCH3 is 1. The molecule has 1 aromatic rings. The van der Waals surface area contributed by atoms with Gasteiger partial charge in [-0.3, -0.25) is 4.79 Å². The molecule has 20 heavy (non-hydrogen) atoms. The fourth-order valence-corrected chi connectivity index (χ4v) is 1.55. The van der Waals surface area contributed by atoms with Gasteiger partial charge in [-0.15, -0.1) is 12.4 Å². The molecule has 5 nitrogen and oxygen atoms in total. The van der Waals surface area contributed by atoms with Crippen LogP contribution >= 0.6 is 12.4 Å². The van der Waals surface area contributed by atoms with Crippen LogP contribution in [0.3, 0.4) is 0 Å². The first-order valence-corrected chi connectivity index (χ1v) is 6.44.